The van der Waals surface area contributed by atoms with Gasteiger partial charge < -0.3 is 19.3 Å². The first-order valence-corrected chi connectivity index (χ1v) is 12.8. The maximum Gasteiger partial charge on any atom is 0.253 e. The Morgan fingerprint density at radius 3 is 2.32 bits per heavy atom. The summed E-state index contributed by atoms with van der Waals surface area (Å²) in [5, 5.41) is 0.721. The quantitative estimate of drug-likeness (QED) is 0.358. The van der Waals surface area contributed by atoms with Gasteiger partial charge in [-0.25, -0.2) is 0 Å². The molecular weight excluding hydrogens is 468 g/mol. The van der Waals surface area contributed by atoms with E-state index in [1.165, 1.54) is 0 Å². The third-order valence-electron chi connectivity index (χ3n) is 5.82. The summed E-state index contributed by atoms with van der Waals surface area (Å²) < 4.78 is 11.1. The maximum atomic E-state index is 13.3. The molecule has 4 rings (SSSR count). The van der Waals surface area contributed by atoms with E-state index in [9.17, 15) is 4.79 Å². The summed E-state index contributed by atoms with van der Waals surface area (Å²) in [6, 6.07) is 21.6. The molecule has 0 spiro atoms. The Kier molecular flexibility index (Phi) is 8.25. The average molecular weight is 497 g/mol. The lowest BCUT2D eigenvalue weighted by atomic mass is 10.1. The van der Waals surface area contributed by atoms with Crippen LogP contribution in [0.3, 0.4) is 0 Å². The van der Waals surface area contributed by atoms with Crippen molar-refractivity contribution in [3.8, 4) is 11.5 Å². The molecule has 0 aliphatic carbocycles. The van der Waals surface area contributed by atoms with Gasteiger partial charge in [0.1, 0.15) is 11.5 Å². The smallest absolute Gasteiger partial charge is 0.253 e. The van der Waals surface area contributed by atoms with Gasteiger partial charge in [-0.05, 0) is 73.7 Å². The SMILES string of the molecule is CCOc1ccc(C(=O)N2CCN(c3ccc(OC)cc3)CC2)cc1CSc1ccc(Cl)cc1. The second-order valence-electron chi connectivity index (χ2n) is 7.98. The molecule has 178 valence electrons. The van der Waals surface area contributed by atoms with Gasteiger partial charge in [-0.1, -0.05) is 11.6 Å². The van der Waals surface area contributed by atoms with E-state index in [1.807, 2.05) is 66.4 Å². The summed E-state index contributed by atoms with van der Waals surface area (Å²) in [6.45, 7) is 5.53. The molecule has 0 atom stereocenters. The number of piperazine rings is 1. The van der Waals surface area contributed by atoms with Crippen molar-refractivity contribution in [2.75, 3.05) is 44.8 Å². The zero-order valence-electron chi connectivity index (χ0n) is 19.5. The fourth-order valence-corrected chi connectivity index (χ4v) is 4.96. The van der Waals surface area contributed by atoms with Crippen LogP contribution < -0.4 is 14.4 Å². The van der Waals surface area contributed by atoms with E-state index in [-0.39, 0.29) is 5.91 Å². The van der Waals surface area contributed by atoms with E-state index in [1.54, 1.807) is 18.9 Å². The lowest BCUT2D eigenvalue weighted by Gasteiger charge is -2.36. The summed E-state index contributed by atoms with van der Waals surface area (Å²) >= 11 is 7.70. The number of carbonyl (C=O) groups is 1. The molecule has 1 aliphatic rings. The van der Waals surface area contributed by atoms with Crippen molar-refractivity contribution in [1.82, 2.24) is 4.90 Å². The van der Waals surface area contributed by atoms with E-state index in [0.29, 0.717) is 31.0 Å². The molecule has 0 saturated carbocycles. The van der Waals surface area contributed by atoms with E-state index < -0.39 is 0 Å². The summed E-state index contributed by atoms with van der Waals surface area (Å²) in [6.07, 6.45) is 0. The Morgan fingerprint density at radius 1 is 0.971 bits per heavy atom. The van der Waals surface area contributed by atoms with E-state index >= 15 is 0 Å². The molecule has 7 heteroatoms. The molecule has 1 saturated heterocycles. The van der Waals surface area contributed by atoms with E-state index in [4.69, 9.17) is 21.1 Å². The zero-order chi connectivity index (χ0) is 23.9. The van der Waals surface area contributed by atoms with Crippen molar-refractivity contribution in [1.29, 1.82) is 0 Å². The first kappa shape index (κ1) is 24.3. The molecule has 1 fully saturated rings. The van der Waals surface area contributed by atoms with Gasteiger partial charge in [-0.2, -0.15) is 0 Å². The van der Waals surface area contributed by atoms with Crippen LogP contribution in [0.5, 0.6) is 11.5 Å². The van der Waals surface area contributed by atoms with Crippen molar-refractivity contribution >= 4 is 35.0 Å². The van der Waals surface area contributed by atoms with Crippen molar-refractivity contribution in [3.05, 3.63) is 82.9 Å². The predicted octanol–water partition coefficient (Wildman–Crippen LogP) is 6.00. The zero-order valence-corrected chi connectivity index (χ0v) is 21.1. The number of hydrogen-bond acceptors (Lipinski definition) is 5. The van der Waals surface area contributed by atoms with Crippen LogP contribution in [0, 0.1) is 0 Å². The van der Waals surface area contributed by atoms with Gasteiger partial charge in [0.05, 0.1) is 13.7 Å². The van der Waals surface area contributed by atoms with Crippen molar-refractivity contribution in [2.24, 2.45) is 0 Å². The van der Waals surface area contributed by atoms with Crippen LogP contribution in [-0.2, 0) is 5.75 Å². The van der Waals surface area contributed by atoms with Gasteiger partial charge in [-0.3, -0.25) is 4.79 Å². The molecule has 0 aromatic heterocycles. The molecule has 0 radical (unpaired) electrons. The minimum Gasteiger partial charge on any atom is -0.497 e. The number of anilines is 1. The van der Waals surface area contributed by atoms with Gasteiger partial charge in [0.2, 0.25) is 0 Å². The molecule has 0 bridgehead atoms. The van der Waals surface area contributed by atoms with Crippen molar-refractivity contribution < 1.29 is 14.3 Å². The van der Waals surface area contributed by atoms with E-state index in [0.717, 1.165) is 45.8 Å². The van der Waals surface area contributed by atoms with Crippen LogP contribution in [-0.4, -0.2) is 50.7 Å². The summed E-state index contributed by atoms with van der Waals surface area (Å²) in [7, 11) is 1.67. The monoisotopic (exact) mass is 496 g/mol. The highest BCUT2D eigenvalue weighted by atomic mass is 35.5. The molecule has 1 heterocycles. The fraction of sp³-hybridized carbons (Fsp3) is 0.296. The highest BCUT2D eigenvalue weighted by molar-refractivity contribution is 7.98. The minimum atomic E-state index is 0.0650. The standard InChI is InChI=1S/C27H29ClN2O3S/c1-3-33-26-13-4-20(18-21(26)19-34-25-11-5-22(28)6-12-25)27(31)30-16-14-29(15-17-30)23-7-9-24(32-2)10-8-23/h4-13,18H,3,14-17,19H2,1-2H3. The molecule has 3 aromatic rings. The Labute approximate surface area is 210 Å². The van der Waals surface area contributed by atoms with Gasteiger partial charge >= 0.3 is 0 Å². The fourth-order valence-electron chi connectivity index (χ4n) is 3.96. The number of nitrogens with zero attached hydrogens (tertiary/aromatic N) is 2. The third kappa shape index (κ3) is 5.99. The van der Waals surface area contributed by atoms with Crippen LogP contribution in [0.4, 0.5) is 5.69 Å². The average Bonchev–Trinajstić information content (AvgIpc) is 2.89. The van der Waals surface area contributed by atoms with Crippen LogP contribution in [0.15, 0.2) is 71.6 Å². The van der Waals surface area contributed by atoms with Crippen molar-refractivity contribution in [3.63, 3.8) is 0 Å². The molecule has 1 amide bonds. The second-order valence-corrected chi connectivity index (χ2v) is 9.46. The number of thioether (sulfide) groups is 1. The lowest BCUT2D eigenvalue weighted by molar-refractivity contribution is 0.0746. The van der Waals surface area contributed by atoms with Crippen LogP contribution in [0.2, 0.25) is 5.02 Å². The molecule has 0 unspecified atom stereocenters. The molecule has 3 aromatic carbocycles. The molecule has 5 nitrogen and oxygen atoms in total. The van der Waals surface area contributed by atoms with E-state index in [2.05, 4.69) is 17.0 Å². The number of methoxy groups -OCH3 is 1. The largest absolute Gasteiger partial charge is 0.497 e. The van der Waals surface area contributed by atoms with Crippen LogP contribution >= 0.6 is 23.4 Å². The molecule has 34 heavy (non-hydrogen) atoms. The Morgan fingerprint density at radius 2 is 1.68 bits per heavy atom. The number of benzene rings is 3. The number of halogens is 1. The summed E-state index contributed by atoms with van der Waals surface area (Å²) in [5.41, 5.74) is 2.87. The highest BCUT2D eigenvalue weighted by Gasteiger charge is 2.23. The summed E-state index contributed by atoms with van der Waals surface area (Å²) in [4.78, 5) is 18.6. The number of amides is 1. The van der Waals surface area contributed by atoms with Gasteiger partial charge in [-0.15, -0.1) is 11.8 Å². The Bertz CT molecular complexity index is 1100. The first-order valence-electron chi connectivity index (χ1n) is 11.4. The highest BCUT2D eigenvalue weighted by Crippen LogP contribution is 2.30. The third-order valence-corrected chi connectivity index (χ3v) is 7.13. The predicted molar refractivity (Wildman–Crippen MR) is 140 cm³/mol. The number of rotatable bonds is 8. The number of hydrogen-bond donors (Lipinski definition) is 0. The molecule has 1 aliphatic heterocycles. The minimum absolute atomic E-state index is 0.0650. The second kappa shape index (κ2) is 11.5. The van der Waals surface area contributed by atoms with Gasteiger partial charge in [0.25, 0.3) is 5.91 Å². The Hall–Kier alpha value is -2.83. The molecule has 0 N–H and O–H groups in total. The summed E-state index contributed by atoms with van der Waals surface area (Å²) in [5.74, 6) is 2.45. The van der Waals surface area contributed by atoms with Gasteiger partial charge in [0.15, 0.2) is 0 Å². The normalized spacial score (nSPS) is 13.6. The van der Waals surface area contributed by atoms with Crippen LogP contribution in [0.25, 0.3) is 0 Å². The first-order chi connectivity index (χ1) is 16.6. The Balaban J connectivity index is 1.41. The van der Waals surface area contributed by atoms with Gasteiger partial charge in [0, 0.05) is 58.7 Å². The lowest BCUT2D eigenvalue weighted by Crippen LogP contribution is -2.48. The number of ether oxygens (including phenoxy) is 2. The topological polar surface area (TPSA) is 42.0 Å². The maximum absolute atomic E-state index is 13.3. The number of carbonyl (C=O) groups excluding carboxylic acids is 1. The van der Waals surface area contributed by atoms with Crippen LogP contribution in [0.1, 0.15) is 22.8 Å². The molecular formula is C27H29ClN2O3S. The van der Waals surface area contributed by atoms with Crippen molar-refractivity contribution in [2.45, 2.75) is 17.6 Å².